The van der Waals surface area contributed by atoms with Crippen LogP contribution in [0.3, 0.4) is 0 Å². The topological polar surface area (TPSA) is 284 Å². The van der Waals surface area contributed by atoms with Crippen LogP contribution in [0.2, 0.25) is 0 Å². The second kappa shape index (κ2) is 32.9. The summed E-state index contributed by atoms with van der Waals surface area (Å²) in [6.07, 6.45) is 4.92. The van der Waals surface area contributed by atoms with Crippen LogP contribution in [-0.2, 0) is 49.7 Å². The Kier molecular flexibility index (Phi) is 21.9. The lowest BCUT2D eigenvalue weighted by molar-refractivity contribution is -0.126. The molecular weight excluding hydrogens is 1340 g/mol. The van der Waals surface area contributed by atoms with Crippen LogP contribution in [0, 0.1) is 5.92 Å². The van der Waals surface area contributed by atoms with Crippen LogP contribution in [0.1, 0.15) is 34.2 Å². The van der Waals surface area contributed by atoms with E-state index < -0.39 is 12.1 Å². The molecule has 2 fully saturated rings. The molecule has 3 aliphatic rings. The van der Waals surface area contributed by atoms with E-state index in [1.54, 1.807) is 73.0 Å². The zero-order chi connectivity index (χ0) is 74.3. The molecule has 12 aromatic carbocycles. The van der Waals surface area contributed by atoms with Gasteiger partial charge >= 0.3 is 6.03 Å². The largest absolute Gasteiger partial charge is 0.508 e. The first kappa shape index (κ1) is 71.2. The first-order chi connectivity index (χ1) is 52.0. The maximum Gasteiger partial charge on any atom is 0.322 e. The van der Waals surface area contributed by atoms with E-state index in [0.717, 1.165) is 117 Å². The molecule has 0 bridgehead atoms. The highest BCUT2D eigenvalue weighted by atomic mass is 16.5. The number of nitrogens with zero attached hydrogens (tertiary/aromatic N) is 1. The van der Waals surface area contributed by atoms with Gasteiger partial charge in [0.25, 0.3) is 17.7 Å². The molecule has 7 amide bonds. The van der Waals surface area contributed by atoms with Gasteiger partial charge < -0.3 is 36.0 Å². The van der Waals surface area contributed by atoms with Gasteiger partial charge in [-0.2, -0.15) is 0 Å². The molecule has 13 aromatic rings. The van der Waals surface area contributed by atoms with Crippen molar-refractivity contribution in [1.82, 2.24) is 26.4 Å². The summed E-state index contributed by atoms with van der Waals surface area (Å²) in [6, 6.07) is 92.0. The maximum atomic E-state index is 12.1. The Morgan fingerprint density at radius 2 is 0.738 bits per heavy atom. The van der Waals surface area contributed by atoms with Crippen molar-refractivity contribution in [2.24, 2.45) is 5.92 Å². The average Bonchev–Trinajstić information content (AvgIpc) is 1.81. The molecule has 2 saturated heterocycles. The van der Waals surface area contributed by atoms with Gasteiger partial charge in [0.2, 0.25) is 11.8 Å². The van der Waals surface area contributed by atoms with Crippen molar-refractivity contribution in [3.63, 3.8) is 0 Å². The predicted octanol–water partition coefficient (Wildman–Crippen LogP) is 16.1. The standard InChI is InChI=1S/C23H19NO3.C23H17NO3.C22H18N2O3.C22H18N2O2/c2*25-20-8-4-7-17(13-20)21-10-9-16(15-5-2-1-3-6-15)11-18(21)12-19-14-22(26)24-23(19)27;25-18-8-4-7-16(12-18)19-10-9-15(14-5-2-1-3-6-14)11-17(19)13-20-21(26)24-22(27)23-20;23-22-19(14-26-24-22)12-18-11-16(15-5-2-1-3-6-15)9-10-21(18)17-7-4-8-20(25)13-17/h1-11,13,19,25H,12,14H2,(H,24,26,27);1-11,13-14,25H,12H2,(H,24,26,27);1-12,20,25H,13H2,(H2,23,24,26,27);1-11,13-14,25H,12H2,(H2,23,24). The van der Waals surface area contributed by atoms with Crippen LogP contribution in [0.5, 0.6) is 23.0 Å². The number of hydrogen-bond acceptors (Lipinski definition) is 13. The number of nitrogens with two attached hydrogens (primary N) is 1. The van der Waals surface area contributed by atoms with Gasteiger partial charge in [-0.3, -0.25) is 39.9 Å². The first-order valence-electron chi connectivity index (χ1n) is 34.6. The number of nitrogen functional groups attached to an aromatic ring is 1. The quantitative estimate of drug-likeness (QED) is 0.0322. The summed E-state index contributed by atoms with van der Waals surface area (Å²) in [5.41, 5.74) is 27.1. The number of aromatic hydroxyl groups is 4. The molecular formula is C90H72N6O11. The summed E-state index contributed by atoms with van der Waals surface area (Å²) >= 11 is 0. The molecule has 16 rings (SSSR count). The number of nitrogens with one attached hydrogen (secondary N) is 4. The molecule has 17 heteroatoms. The molecule has 4 heterocycles. The van der Waals surface area contributed by atoms with Crippen LogP contribution < -0.4 is 27.0 Å². The summed E-state index contributed by atoms with van der Waals surface area (Å²) in [4.78, 5) is 70.6. The summed E-state index contributed by atoms with van der Waals surface area (Å²) in [7, 11) is 0. The molecule has 17 nitrogen and oxygen atoms in total. The highest BCUT2D eigenvalue weighted by Crippen LogP contribution is 2.38. The number of amides is 7. The molecule has 0 spiro atoms. The van der Waals surface area contributed by atoms with Crippen molar-refractivity contribution in [2.75, 3.05) is 5.73 Å². The van der Waals surface area contributed by atoms with Gasteiger partial charge in [0.05, 0.1) is 5.92 Å². The number of carbonyl (C=O) groups excluding carboxylic acids is 6. The lowest BCUT2D eigenvalue weighted by Gasteiger charge is -2.15. The number of imide groups is 3. The van der Waals surface area contributed by atoms with Crippen LogP contribution in [0.15, 0.2) is 314 Å². The fraction of sp³-hybridized carbons (Fsp3) is 0.0778. The number of benzene rings is 12. The summed E-state index contributed by atoms with van der Waals surface area (Å²) in [6.45, 7) is 0. The highest BCUT2D eigenvalue weighted by molar-refractivity contribution is 6.16. The number of anilines is 1. The number of carbonyl (C=O) groups is 6. The van der Waals surface area contributed by atoms with E-state index in [4.69, 9.17) is 10.3 Å². The second-order valence-electron chi connectivity index (χ2n) is 26.0. The van der Waals surface area contributed by atoms with Crippen LogP contribution in [0.4, 0.5) is 10.6 Å². The van der Waals surface area contributed by atoms with E-state index in [2.05, 4.69) is 62.8 Å². The minimum atomic E-state index is -0.611. The van der Waals surface area contributed by atoms with E-state index in [-0.39, 0.29) is 64.9 Å². The number of urea groups is 1. The van der Waals surface area contributed by atoms with Crippen LogP contribution in [-0.4, -0.2) is 67.2 Å². The molecule has 1 aromatic heterocycles. The third-order valence-corrected chi connectivity index (χ3v) is 18.6. The second-order valence-corrected chi connectivity index (χ2v) is 26.0. The molecule has 3 aliphatic heterocycles. The molecule has 0 aliphatic carbocycles. The zero-order valence-corrected chi connectivity index (χ0v) is 57.7. The normalized spacial score (nSPS) is 14.2. The van der Waals surface area contributed by atoms with E-state index in [9.17, 15) is 49.2 Å². The van der Waals surface area contributed by atoms with Gasteiger partial charge in [-0.25, -0.2) is 4.79 Å². The Morgan fingerprint density at radius 1 is 0.364 bits per heavy atom. The number of hydrogen-bond donors (Lipinski definition) is 9. The van der Waals surface area contributed by atoms with E-state index >= 15 is 0 Å². The van der Waals surface area contributed by atoms with Crippen LogP contribution >= 0.6 is 0 Å². The SMILES string of the molecule is Nc1nocc1Cc1cc(-c2ccccc2)ccc1-c1cccc(O)c1.O=C1C=C(Cc2cc(-c3ccccc3)ccc2-c2cccc(O)c2)C(=O)N1.O=C1CC(Cc2cc(-c3ccccc3)ccc2-c2cccc(O)c2)C(=O)N1.O=C1NC(=O)C(Cc2cc(-c3ccccc3)ccc2-c2cccc(O)c2)N1. The summed E-state index contributed by atoms with van der Waals surface area (Å²) in [5.74, 6) is -0.667. The van der Waals surface area contributed by atoms with E-state index in [1.807, 2.05) is 188 Å². The summed E-state index contributed by atoms with van der Waals surface area (Å²) < 4.78 is 4.98. The third-order valence-electron chi connectivity index (χ3n) is 18.6. The third kappa shape index (κ3) is 17.8. The van der Waals surface area contributed by atoms with Crippen molar-refractivity contribution in [2.45, 2.75) is 38.1 Å². The molecule has 0 saturated carbocycles. The van der Waals surface area contributed by atoms with Crippen molar-refractivity contribution >= 4 is 41.4 Å². The minimum absolute atomic E-state index is 0.178. The van der Waals surface area contributed by atoms with Gasteiger partial charge in [0.1, 0.15) is 35.3 Å². The van der Waals surface area contributed by atoms with Crippen molar-refractivity contribution in [3.05, 3.63) is 337 Å². The lowest BCUT2D eigenvalue weighted by atomic mass is 9.89. The lowest BCUT2D eigenvalue weighted by Crippen LogP contribution is -2.31. The highest BCUT2D eigenvalue weighted by Gasteiger charge is 2.32. The van der Waals surface area contributed by atoms with E-state index in [1.165, 1.54) is 6.08 Å². The van der Waals surface area contributed by atoms with Gasteiger partial charge in [-0.1, -0.05) is 248 Å². The Bertz CT molecular complexity index is 5320. The fourth-order valence-corrected chi connectivity index (χ4v) is 13.3. The fourth-order valence-electron chi connectivity index (χ4n) is 13.3. The van der Waals surface area contributed by atoms with Crippen molar-refractivity contribution in [1.29, 1.82) is 0 Å². The first-order valence-corrected chi connectivity index (χ1v) is 34.6. The monoisotopic (exact) mass is 1410 g/mol. The molecule has 107 heavy (non-hydrogen) atoms. The summed E-state index contributed by atoms with van der Waals surface area (Å²) in [5, 5.41) is 52.8. The van der Waals surface area contributed by atoms with Gasteiger partial charge in [-0.05, 0) is 166 Å². The Morgan fingerprint density at radius 3 is 1.07 bits per heavy atom. The maximum absolute atomic E-state index is 12.1. The Hall–Kier alpha value is -14.2. The average molecular weight is 1410 g/mol. The predicted molar refractivity (Wildman–Crippen MR) is 414 cm³/mol. The van der Waals surface area contributed by atoms with Gasteiger partial charge in [0, 0.05) is 42.9 Å². The molecule has 528 valence electrons. The molecule has 0 radical (unpaired) electrons. The number of phenolic OH excluding ortho intramolecular Hbond substituents is 4. The molecule has 10 N–H and O–H groups in total. The Balaban J connectivity index is 0.000000126. The van der Waals surface area contributed by atoms with Crippen molar-refractivity contribution in [3.8, 4) is 112 Å². The number of aromatic nitrogens is 1. The van der Waals surface area contributed by atoms with Gasteiger partial charge in [-0.15, -0.1) is 0 Å². The molecule has 2 unspecified atom stereocenters. The molecule has 2 atom stereocenters. The van der Waals surface area contributed by atoms with Crippen molar-refractivity contribution < 1.29 is 53.7 Å². The zero-order valence-electron chi connectivity index (χ0n) is 57.7. The van der Waals surface area contributed by atoms with E-state index in [0.29, 0.717) is 37.1 Å². The number of rotatable bonds is 16. The number of phenols is 4. The van der Waals surface area contributed by atoms with Gasteiger partial charge in [0.15, 0.2) is 5.82 Å². The Labute approximate surface area is 617 Å². The minimum Gasteiger partial charge on any atom is -0.508 e. The van der Waals surface area contributed by atoms with Crippen LogP contribution in [0.25, 0.3) is 89.0 Å². The smallest absolute Gasteiger partial charge is 0.322 e.